The van der Waals surface area contributed by atoms with Crippen molar-refractivity contribution in [2.45, 2.75) is 0 Å². The van der Waals surface area contributed by atoms with Crippen LogP contribution in [0.4, 0.5) is 10.1 Å². The van der Waals surface area contributed by atoms with Gasteiger partial charge in [-0.1, -0.05) is 23.2 Å². The average Bonchev–Trinajstić information content (AvgIpc) is 2.32. The highest BCUT2D eigenvalue weighted by Crippen LogP contribution is 2.22. The summed E-state index contributed by atoms with van der Waals surface area (Å²) in [6.45, 7) is 0. The van der Waals surface area contributed by atoms with Crippen LogP contribution in [0.5, 0.6) is 0 Å². The third kappa shape index (κ3) is 3.00. The predicted octanol–water partition coefficient (Wildman–Crippen LogP) is 4.17. The Morgan fingerprint density at radius 1 is 1.06 bits per heavy atom. The van der Waals surface area contributed by atoms with Gasteiger partial charge < -0.3 is 5.73 Å². The minimum absolute atomic E-state index is 0.253. The molecule has 0 aromatic heterocycles. The first kappa shape index (κ1) is 12.9. The van der Waals surface area contributed by atoms with Gasteiger partial charge in [-0.25, -0.2) is 9.38 Å². The number of amidine groups is 1. The van der Waals surface area contributed by atoms with E-state index in [0.717, 1.165) is 0 Å². The molecule has 0 aliphatic carbocycles. The molecule has 0 amide bonds. The van der Waals surface area contributed by atoms with Crippen molar-refractivity contribution in [3.63, 3.8) is 0 Å². The number of rotatable bonds is 2. The first-order chi connectivity index (χ1) is 8.56. The molecule has 2 nitrogen and oxygen atoms in total. The minimum atomic E-state index is -0.322. The molecule has 0 saturated heterocycles. The molecule has 92 valence electrons. The summed E-state index contributed by atoms with van der Waals surface area (Å²) in [5.41, 5.74) is 6.99. The van der Waals surface area contributed by atoms with Crippen LogP contribution < -0.4 is 5.73 Å². The van der Waals surface area contributed by atoms with E-state index in [0.29, 0.717) is 21.3 Å². The summed E-state index contributed by atoms with van der Waals surface area (Å²) in [4.78, 5) is 4.16. The maximum atomic E-state index is 12.7. The van der Waals surface area contributed by atoms with Crippen LogP contribution in [-0.2, 0) is 0 Å². The van der Waals surface area contributed by atoms with Crippen molar-refractivity contribution in [2.24, 2.45) is 10.7 Å². The molecule has 0 heterocycles. The Labute approximate surface area is 114 Å². The SMILES string of the molecule is NC(=Nc1ccc(F)cc1)c1ccc(Cl)cc1Cl. The van der Waals surface area contributed by atoms with Gasteiger partial charge in [0.25, 0.3) is 0 Å². The zero-order valence-corrected chi connectivity index (χ0v) is 10.7. The van der Waals surface area contributed by atoms with Crippen molar-refractivity contribution in [2.75, 3.05) is 0 Å². The van der Waals surface area contributed by atoms with Gasteiger partial charge >= 0.3 is 0 Å². The normalized spacial score (nSPS) is 11.6. The number of aliphatic imine (C=N–C) groups is 1. The van der Waals surface area contributed by atoms with E-state index in [4.69, 9.17) is 28.9 Å². The summed E-state index contributed by atoms with van der Waals surface area (Å²) in [7, 11) is 0. The molecule has 0 atom stereocenters. The summed E-state index contributed by atoms with van der Waals surface area (Å²) in [5.74, 6) is -0.0691. The van der Waals surface area contributed by atoms with Crippen molar-refractivity contribution in [3.05, 3.63) is 63.9 Å². The van der Waals surface area contributed by atoms with Crippen molar-refractivity contribution in [3.8, 4) is 0 Å². The van der Waals surface area contributed by atoms with Gasteiger partial charge in [-0.3, -0.25) is 0 Å². The smallest absolute Gasteiger partial charge is 0.132 e. The van der Waals surface area contributed by atoms with E-state index in [2.05, 4.69) is 4.99 Å². The summed E-state index contributed by atoms with van der Waals surface area (Å²) < 4.78 is 12.7. The molecule has 0 unspecified atom stereocenters. The monoisotopic (exact) mass is 282 g/mol. The summed E-state index contributed by atoms with van der Waals surface area (Å²) in [6.07, 6.45) is 0. The quantitative estimate of drug-likeness (QED) is 0.652. The number of halogens is 3. The lowest BCUT2D eigenvalue weighted by Gasteiger charge is -2.04. The molecule has 2 aromatic carbocycles. The van der Waals surface area contributed by atoms with Gasteiger partial charge in [-0.2, -0.15) is 0 Å². The lowest BCUT2D eigenvalue weighted by molar-refractivity contribution is 0.628. The van der Waals surface area contributed by atoms with Crippen molar-refractivity contribution in [1.29, 1.82) is 0 Å². The van der Waals surface area contributed by atoms with Crippen LogP contribution >= 0.6 is 23.2 Å². The van der Waals surface area contributed by atoms with Crippen LogP contribution in [0.25, 0.3) is 0 Å². The second-order valence-corrected chi connectivity index (χ2v) is 4.44. The summed E-state index contributed by atoms with van der Waals surface area (Å²) in [6, 6.07) is 10.7. The fourth-order valence-electron chi connectivity index (χ4n) is 1.41. The van der Waals surface area contributed by atoms with E-state index in [1.165, 1.54) is 24.3 Å². The van der Waals surface area contributed by atoms with Gasteiger partial charge in [0.1, 0.15) is 11.7 Å². The third-order valence-corrected chi connectivity index (χ3v) is 2.83. The maximum Gasteiger partial charge on any atom is 0.132 e. The molecule has 0 spiro atoms. The standard InChI is InChI=1S/C13H9Cl2FN2/c14-8-1-6-11(12(15)7-8)13(17)18-10-4-2-9(16)3-5-10/h1-7H,(H2,17,18). The highest BCUT2D eigenvalue weighted by molar-refractivity contribution is 6.36. The maximum absolute atomic E-state index is 12.7. The molecule has 0 aliphatic rings. The molecule has 2 N–H and O–H groups in total. The molecule has 0 aliphatic heterocycles. The summed E-state index contributed by atoms with van der Waals surface area (Å²) >= 11 is 11.8. The van der Waals surface area contributed by atoms with E-state index in [9.17, 15) is 4.39 Å². The summed E-state index contributed by atoms with van der Waals surface area (Å²) in [5, 5.41) is 0.948. The van der Waals surface area contributed by atoms with Crippen molar-refractivity contribution < 1.29 is 4.39 Å². The van der Waals surface area contributed by atoms with E-state index in [1.807, 2.05) is 0 Å². The molecule has 2 aromatic rings. The Morgan fingerprint density at radius 2 is 1.72 bits per heavy atom. The number of hydrogen-bond acceptors (Lipinski definition) is 1. The Morgan fingerprint density at radius 3 is 2.33 bits per heavy atom. The Kier molecular flexibility index (Phi) is 3.84. The van der Waals surface area contributed by atoms with Gasteiger partial charge in [-0.05, 0) is 42.5 Å². The predicted molar refractivity (Wildman–Crippen MR) is 73.2 cm³/mol. The van der Waals surface area contributed by atoms with E-state index in [1.54, 1.807) is 18.2 Å². The number of hydrogen-bond donors (Lipinski definition) is 1. The van der Waals surface area contributed by atoms with E-state index >= 15 is 0 Å². The van der Waals surface area contributed by atoms with Crippen LogP contribution in [0.2, 0.25) is 10.0 Å². The van der Waals surface area contributed by atoms with Gasteiger partial charge in [0.05, 0.1) is 10.7 Å². The molecule has 0 fully saturated rings. The first-order valence-corrected chi connectivity index (χ1v) is 5.87. The van der Waals surface area contributed by atoms with Gasteiger partial charge in [-0.15, -0.1) is 0 Å². The molecule has 18 heavy (non-hydrogen) atoms. The molecule has 0 radical (unpaired) electrons. The van der Waals surface area contributed by atoms with Gasteiger partial charge in [0.15, 0.2) is 0 Å². The van der Waals surface area contributed by atoms with E-state index in [-0.39, 0.29) is 11.7 Å². The average molecular weight is 283 g/mol. The highest BCUT2D eigenvalue weighted by atomic mass is 35.5. The molecular weight excluding hydrogens is 274 g/mol. The Balaban J connectivity index is 2.35. The minimum Gasteiger partial charge on any atom is -0.383 e. The van der Waals surface area contributed by atoms with Crippen LogP contribution in [0.3, 0.4) is 0 Å². The van der Waals surface area contributed by atoms with Gasteiger partial charge in [0.2, 0.25) is 0 Å². The Bertz CT molecular complexity index is 594. The van der Waals surface area contributed by atoms with Crippen LogP contribution in [0.15, 0.2) is 47.5 Å². The zero-order valence-electron chi connectivity index (χ0n) is 9.20. The molecule has 0 bridgehead atoms. The molecule has 2 rings (SSSR count). The number of nitrogens with two attached hydrogens (primary N) is 1. The molecular formula is C13H9Cl2FN2. The largest absolute Gasteiger partial charge is 0.383 e. The third-order valence-electron chi connectivity index (χ3n) is 2.28. The highest BCUT2D eigenvalue weighted by Gasteiger charge is 2.05. The van der Waals surface area contributed by atoms with Crippen LogP contribution in [0.1, 0.15) is 5.56 Å². The number of benzene rings is 2. The molecule has 0 saturated carbocycles. The fraction of sp³-hybridized carbons (Fsp3) is 0. The lowest BCUT2D eigenvalue weighted by Crippen LogP contribution is -2.13. The van der Waals surface area contributed by atoms with E-state index < -0.39 is 0 Å². The Hall–Kier alpha value is -1.58. The van der Waals surface area contributed by atoms with Crippen molar-refractivity contribution >= 4 is 34.7 Å². The molecule has 5 heteroatoms. The van der Waals surface area contributed by atoms with Crippen LogP contribution in [-0.4, -0.2) is 5.84 Å². The second-order valence-electron chi connectivity index (χ2n) is 3.60. The van der Waals surface area contributed by atoms with Crippen LogP contribution in [0, 0.1) is 5.82 Å². The topological polar surface area (TPSA) is 38.4 Å². The van der Waals surface area contributed by atoms with Crippen molar-refractivity contribution in [1.82, 2.24) is 0 Å². The van der Waals surface area contributed by atoms with Gasteiger partial charge in [0, 0.05) is 10.6 Å². The fourth-order valence-corrected chi connectivity index (χ4v) is 1.92. The second kappa shape index (κ2) is 5.38. The first-order valence-electron chi connectivity index (χ1n) is 5.11. The number of nitrogens with zero attached hydrogens (tertiary/aromatic N) is 1. The zero-order chi connectivity index (χ0) is 13.1. The lowest BCUT2D eigenvalue weighted by atomic mass is 10.2.